The number of nitrogen functional groups attached to an aromatic ring is 1. The highest BCUT2D eigenvalue weighted by Gasteiger charge is 2.28. The molecule has 0 aromatic heterocycles. The summed E-state index contributed by atoms with van der Waals surface area (Å²) in [5.74, 6) is 5.17. The van der Waals surface area contributed by atoms with Crippen LogP contribution in [0.15, 0.2) is 23.1 Å². The van der Waals surface area contributed by atoms with Gasteiger partial charge in [0.25, 0.3) is 0 Å². The monoisotopic (exact) mass is 318 g/mol. The highest BCUT2D eigenvalue weighted by Crippen LogP contribution is 2.31. The fourth-order valence-corrected chi connectivity index (χ4v) is 3.00. The van der Waals surface area contributed by atoms with Crippen LogP contribution in [-0.2, 0) is 14.8 Å². The highest BCUT2D eigenvalue weighted by atomic mass is 32.2. The summed E-state index contributed by atoms with van der Waals surface area (Å²) in [7, 11) is -4.05. The molecule has 0 amide bonds. The number of hydrogen-bond donors (Lipinski definition) is 3. The summed E-state index contributed by atoms with van der Waals surface area (Å²) in [5, 5.41) is 11.1. The molecule has 21 heavy (non-hydrogen) atoms. The van der Waals surface area contributed by atoms with Gasteiger partial charge in [0, 0.05) is 13.2 Å². The van der Waals surface area contributed by atoms with E-state index in [4.69, 9.17) is 10.6 Å². The van der Waals surface area contributed by atoms with Crippen LogP contribution in [-0.4, -0.2) is 32.6 Å². The fraction of sp³-hybridized carbons (Fsp3) is 0.455. The van der Waals surface area contributed by atoms with Gasteiger partial charge in [-0.25, -0.2) is 13.1 Å². The van der Waals surface area contributed by atoms with Gasteiger partial charge in [0.15, 0.2) is 4.90 Å². The van der Waals surface area contributed by atoms with Gasteiger partial charge in [-0.15, -0.1) is 0 Å². The van der Waals surface area contributed by atoms with E-state index in [0.717, 1.165) is 6.07 Å². The predicted molar refractivity (Wildman–Crippen MR) is 77.2 cm³/mol. The first-order chi connectivity index (χ1) is 9.83. The number of nitro groups is 1. The van der Waals surface area contributed by atoms with E-state index in [1.54, 1.807) is 13.8 Å². The van der Waals surface area contributed by atoms with Gasteiger partial charge in [-0.1, -0.05) is 6.07 Å². The predicted octanol–water partition coefficient (Wildman–Crippen LogP) is 0.584. The topological polar surface area (TPSA) is 137 Å². The van der Waals surface area contributed by atoms with Gasteiger partial charge in [-0.05, 0) is 26.0 Å². The van der Waals surface area contributed by atoms with E-state index in [2.05, 4.69) is 10.1 Å². The first-order valence-electron chi connectivity index (χ1n) is 6.18. The van der Waals surface area contributed by atoms with E-state index in [1.807, 2.05) is 0 Å². The summed E-state index contributed by atoms with van der Waals surface area (Å²) in [4.78, 5) is 9.83. The minimum absolute atomic E-state index is 0.00755. The van der Waals surface area contributed by atoms with Gasteiger partial charge >= 0.3 is 5.69 Å². The number of anilines is 1. The second kappa shape index (κ2) is 7.31. The largest absolute Gasteiger partial charge is 0.377 e. The van der Waals surface area contributed by atoms with Gasteiger partial charge < -0.3 is 10.2 Å². The molecule has 4 N–H and O–H groups in total. The number of hydrogen-bond acceptors (Lipinski definition) is 7. The molecule has 0 heterocycles. The molecule has 0 saturated heterocycles. The van der Waals surface area contributed by atoms with Gasteiger partial charge in [0.1, 0.15) is 5.69 Å². The van der Waals surface area contributed by atoms with Gasteiger partial charge in [0.05, 0.1) is 11.0 Å². The lowest BCUT2D eigenvalue weighted by atomic mass is 10.3. The molecule has 118 valence electrons. The molecular weight excluding hydrogens is 300 g/mol. The minimum Gasteiger partial charge on any atom is -0.377 e. The number of nitrogens with zero attached hydrogens (tertiary/aromatic N) is 1. The lowest BCUT2D eigenvalue weighted by molar-refractivity contribution is -0.386. The average Bonchev–Trinajstić information content (AvgIpc) is 2.44. The molecule has 1 aromatic carbocycles. The SMILES string of the molecule is CCOC(C)CNS(=O)(=O)c1cccc(NN)c1[N+](=O)[O-]. The number of nitro benzene ring substituents is 1. The summed E-state index contributed by atoms with van der Waals surface area (Å²) in [6.45, 7) is 3.92. The van der Waals surface area contributed by atoms with Crippen molar-refractivity contribution >= 4 is 21.4 Å². The first kappa shape index (κ1) is 17.3. The summed E-state index contributed by atoms with van der Waals surface area (Å²) in [6.07, 6.45) is -0.348. The molecule has 1 rings (SSSR count). The van der Waals surface area contributed by atoms with Crippen molar-refractivity contribution in [2.24, 2.45) is 5.84 Å². The second-order valence-corrected chi connectivity index (χ2v) is 5.91. The summed E-state index contributed by atoms with van der Waals surface area (Å²) < 4.78 is 31.9. The van der Waals surface area contributed by atoms with Crippen LogP contribution in [0.5, 0.6) is 0 Å². The number of sulfonamides is 1. The molecule has 0 aliphatic rings. The van der Waals surface area contributed by atoms with Crippen LogP contribution < -0.4 is 16.0 Å². The van der Waals surface area contributed by atoms with Crippen molar-refractivity contribution in [2.45, 2.75) is 24.8 Å². The second-order valence-electron chi connectivity index (χ2n) is 4.17. The van der Waals surface area contributed by atoms with Crippen LogP contribution in [0.3, 0.4) is 0 Å². The molecule has 0 spiro atoms. The fourth-order valence-electron chi connectivity index (χ4n) is 1.69. The third-order valence-corrected chi connectivity index (χ3v) is 4.09. The van der Waals surface area contributed by atoms with E-state index in [0.29, 0.717) is 6.61 Å². The molecule has 0 radical (unpaired) electrons. The van der Waals surface area contributed by atoms with E-state index in [9.17, 15) is 18.5 Å². The van der Waals surface area contributed by atoms with Crippen LogP contribution in [0.4, 0.5) is 11.4 Å². The van der Waals surface area contributed by atoms with Crippen molar-refractivity contribution in [3.63, 3.8) is 0 Å². The number of para-hydroxylation sites is 1. The number of nitrogens with two attached hydrogens (primary N) is 1. The van der Waals surface area contributed by atoms with Crippen molar-refractivity contribution in [1.29, 1.82) is 0 Å². The lowest BCUT2D eigenvalue weighted by Crippen LogP contribution is -2.32. The highest BCUT2D eigenvalue weighted by molar-refractivity contribution is 7.89. The Labute approximate surface area is 122 Å². The molecule has 10 heteroatoms. The summed E-state index contributed by atoms with van der Waals surface area (Å²) in [6, 6.07) is 3.83. The Morgan fingerprint density at radius 3 is 2.67 bits per heavy atom. The van der Waals surface area contributed by atoms with Crippen molar-refractivity contribution in [1.82, 2.24) is 4.72 Å². The van der Waals surface area contributed by atoms with Crippen LogP contribution in [0.25, 0.3) is 0 Å². The van der Waals surface area contributed by atoms with Gasteiger partial charge in [0.2, 0.25) is 10.0 Å². The van der Waals surface area contributed by atoms with Gasteiger partial charge in [-0.3, -0.25) is 16.0 Å². The van der Waals surface area contributed by atoms with Crippen molar-refractivity contribution in [3.05, 3.63) is 28.3 Å². The number of rotatable bonds is 8. The molecule has 0 aliphatic carbocycles. The van der Waals surface area contributed by atoms with Crippen molar-refractivity contribution in [2.75, 3.05) is 18.6 Å². The van der Waals surface area contributed by atoms with Crippen molar-refractivity contribution < 1.29 is 18.1 Å². The molecule has 0 fully saturated rings. The normalized spacial score (nSPS) is 12.9. The third-order valence-electron chi connectivity index (χ3n) is 2.64. The molecular formula is C11H18N4O5S. The molecule has 1 unspecified atom stereocenters. The lowest BCUT2D eigenvalue weighted by Gasteiger charge is -2.13. The Hall–Kier alpha value is -1.75. The van der Waals surface area contributed by atoms with Crippen LogP contribution >= 0.6 is 0 Å². The van der Waals surface area contributed by atoms with Crippen LogP contribution in [0.1, 0.15) is 13.8 Å². The van der Waals surface area contributed by atoms with E-state index >= 15 is 0 Å². The Morgan fingerprint density at radius 2 is 2.14 bits per heavy atom. The summed E-state index contributed by atoms with van der Waals surface area (Å²) in [5.41, 5.74) is 1.43. The zero-order valence-electron chi connectivity index (χ0n) is 11.7. The molecule has 0 bridgehead atoms. The number of nitrogens with one attached hydrogen (secondary N) is 2. The number of ether oxygens (including phenoxy) is 1. The Balaban J connectivity index is 3.11. The molecule has 0 saturated carbocycles. The number of hydrazine groups is 1. The van der Waals surface area contributed by atoms with Gasteiger partial charge in [-0.2, -0.15) is 0 Å². The zero-order chi connectivity index (χ0) is 16.0. The Morgan fingerprint density at radius 1 is 1.48 bits per heavy atom. The zero-order valence-corrected chi connectivity index (χ0v) is 12.5. The quantitative estimate of drug-likeness (QED) is 0.362. The maximum atomic E-state index is 12.2. The van der Waals surface area contributed by atoms with Crippen LogP contribution in [0.2, 0.25) is 0 Å². The smallest absolute Gasteiger partial charge is 0.313 e. The van der Waals surface area contributed by atoms with Crippen LogP contribution in [0, 0.1) is 10.1 Å². The van der Waals surface area contributed by atoms with E-state index in [-0.39, 0.29) is 18.3 Å². The van der Waals surface area contributed by atoms with E-state index in [1.165, 1.54) is 12.1 Å². The minimum atomic E-state index is -4.05. The Kier molecular flexibility index (Phi) is 6.03. The maximum Gasteiger partial charge on any atom is 0.313 e. The molecule has 1 aromatic rings. The molecule has 9 nitrogen and oxygen atoms in total. The third kappa shape index (κ3) is 4.36. The average molecular weight is 318 g/mol. The standard InChI is InChI=1S/C11H18N4O5S/c1-3-20-8(2)7-13-21(18,19)10-6-4-5-9(14-12)11(10)15(16)17/h4-6,8,13-14H,3,7,12H2,1-2H3. The molecule has 1 atom stereocenters. The first-order valence-corrected chi connectivity index (χ1v) is 7.67. The van der Waals surface area contributed by atoms with E-state index < -0.39 is 25.5 Å². The Bertz CT molecular complexity index is 605. The summed E-state index contributed by atoms with van der Waals surface area (Å²) >= 11 is 0. The van der Waals surface area contributed by atoms with Crippen molar-refractivity contribution in [3.8, 4) is 0 Å². The maximum absolute atomic E-state index is 12.2. The number of benzene rings is 1. The molecule has 0 aliphatic heterocycles.